The Morgan fingerprint density at radius 3 is 2.08 bits per heavy atom. The molecule has 37 heavy (non-hydrogen) atoms. The second-order valence-electron chi connectivity index (χ2n) is 10.8. The highest BCUT2D eigenvalue weighted by atomic mass is 16.5. The SMILES string of the molecule is O=C1CCC(N2C(=O)c3ccc(N4CCC(OC5CC(OC6CCNCC6)C5)CC4)cc3C2=O)C(=O)N1. The van der Waals surface area contributed by atoms with Gasteiger partial charge in [0.25, 0.3) is 11.8 Å². The van der Waals surface area contributed by atoms with Crippen molar-refractivity contribution < 1.29 is 28.7 Å². The lowest BCUT2D eigenvalue weighted by atomic mass is 9.90. The van der Waals surface area contributed by atoms with E-state index in [4.69, 9.17) is 9.47 Å². The van der Waals surface area contributed by atoms with Gasteiger partial charge in [0.2, 0.25) is 11.8 Å². The smallest absolute Gasteiger partial charge is 0.262 e. The van der Waals surface area contributed by atoms with Crippen LogP contribution in [0.3, 0.4) is 0 Å². The van der Waals surface area contributed by atoms with Gasteiger partial charge in [-0.1, -0.05) is 0 Å². The topological polar surface area (TPSA) is 117 Å². The third-order valence-corrected chi connectivity index (χ3v) is 8.34. The van der Waals surface area contributed by atoms with Gasteiger partial charge in [0.05, 0.1) is 35.5 Å². The van der Waals surface area contributed by atoms with Crippen molar-refractivity contribution >= 4 is 29.3 Å². The van der Waals surface area contributed by atoms with Crippen LogP contribution in [0, 0.1) is 0 Å². The van der Waals surface area contributed by atoms with Crippen molar-refractivity contribution in [1.29, 1.82) is 0 Å². The normalized spacial score (nSPS) is 29.4. The van der Waals surface area contributed by atoms with Gasteiger partial charge in [-0.05, 0) is 76.2 Å². The number of benzene rings is 1. The van der Waals surface area contributed by atoms with Crippen LogP contribution in [0.15, 0.2) is 18.2 Å². The first-order chi connectivity index (χ1) is 18.0. The zero-order chi connectivity index (χ0) is 25.5. The molecule has 6 rings (SSSR count). The number of hydrogen-bond donors (Lipinski definition) is 2. The quantitative estimate of drug-likeness (QED) is 0.552. The number of anilines is 1. The minimum atomic E-state index is -0.947. The average molecular weight is 511 g/mol. The molecule has 4 aliphatic heterocycles. The molecule has 10 nitrogen and oxygen atoms in total. The van der Waals surface area contributed by atoms with Gasteiger partial charge in [-0.3, -0.25) is 29.4 Å². The Morgan fingerprint density at radius 2 is 1.41 bits per heavy atom. The van der Waals surface area contributed by atoms with E-state index in [9.17, 15) is 19.2 Å². The summed E-state index contributed by atoms with van der Waals surface area (Å²) in [5, 5.41) is 5.60. The maximum Gasteiger partial charge on any atom is 0.262 e. The second kappa shape index (κ2) is 10.2. The Balaban J connectivity index is 1.01. The largest absolute Gasteiger partial charge is 0.375 e. The number of carbonyl (C=O) groups excluding carboxylic acids is 4. The molecule has 0 spiro atoms. The van der Waals surface area contributed by atoms with Crippen LogP contribution < -0.4 is 15.5 Å². The van der Waals surface area contributed by atoms with E-state index < -0.39 is 23.8 Å². The lowest BCUT2D eigenvalue weighted by Crippen LogP contribution is -2.54. The molecule has 1 unspecified atom stereocenters. The van der Waals surface area contributed by atoms with Crippen LogP contribution in [0.1, 0.15) is 72.1 Å². The van der Waals surface area contributed by atoms with Crippen molar-refractivity contribution in [3.8, 4) is 0 Å². The number of hydrogen-bond acceptors (Lipinski definition) is 8. The summed E-state index contributed by atoms with van der Waals surface area (Å²) in [5.41, 5.74) is 1.52. The number of ether oxygens (including phenoxy) is 2. The zero-order valence-corrected chi connectivity index (χ0v) is 20.9. The molecule has 1 saturated carbocycles. The van der Waals surface area contributed by atoms with Crippen molar-refractivity contribution in [3.63, 3.8) is 0 Å². The number of rotatable bonds is 6. The van der Waals surface area contributed by atoms with Gasteiger partial charge in [-0.25, -0.2) is 0 Å². The van der Waals surface area contributed by atoms with Crippen molar-refractivity contribution in [2.45, 2.75) is 81.8 Å². The molecule has 198 valence electrons. The molecule has 0 aromatic heterocycles. The third-order valence-electron chi connectivity index (χ3n) is 8.34. The predicted octanol–water partition coefficient (Wildman–Crippen LogP) is 1.37. The highest BCUT2D eigenvalue weighted by molar-refractivity contribution is 6.23. The lowest BCUT2D eigenvalue weighted by Gasteiger charge is -2.41. The zero-order valence-electron chi connectivity index (χ0n) is 20.9. The Labute approximate surface area is 216 Å². The molecule has 1 aliphatic carbocycles. The van der Waals surface area contributed by atoms with Crippen LogP contribution >= 0.6 is 0 Å². The Hall–Kier alpha value is -2.82. The maximum absolute atomic E-state index is 13.1. The minimum Gasteiger partial charge on any atom is -0.375 e. The molecular weight excluding hydrogens is 476 g/mol. The summed E-state index contributed by atoms with van der Waals surface area (Å²) in [4.78, 5) is 53.0. The Morgan fingerprint density at radius 1 is 0.757 bits per heavy atom. The maximum atomic E-state index is 13.1. The fourth-order valence-electron chi connectivity index (χ4n) is 6.12. The molecular formula is C27H34N4O6. The summed E-state index contributed by atoms with van der Waals surface area (Å²) in [6.07, 6.45) is 7.46. The summed E-state index contributed by atoms with van der Waals surface area (Å²) in [7, 11) is 0. The van der Waals surface area contributed by atoms with Crippen LogP contribution in [0.2, 0.25) is 0 Å². The summed E-state index contributed by atoms with van der Waals surface area (Å²) < 4.78 is 12.6. The third kappa shape index (κ3) is 4.89. The van der Waals surface area contributed by atoms with E-state index in [1.165, 1.54) is 0 Å². The van der Waals surface area contributed by atoms with Crippen LogP contribution in [0.25, 0.3) is 0 Å². The first-order valence-electron chi connectivity index (χ1n) is 13.6. The highest BCUT2D eigenvalue weighted by Gasteiger charge is 2.45. The number of fused-ring (bicyclic) bond motifs is 1. The van der Waals surface area contributed by atoms with Crippen LogP contribution in [0.4, 0.5) is 5.69 Å². The van der Waals surface area contributed by atoms with Gasteiger partial charge in [0.15, 0.2) is 0 Å². The molecule has 3 saturated heterocycles. The molecule has 4 amide bonds. The van der Waals surface area contributed by atoms with E-state index in [0.29, 0.717) is 23.3 Å². The van der Waals surface area contributed by atoms with Gasteiger partial charge in [0, 0.05) is 25.2 Å². The van der Waals surface area contributed by atoms with Crippen LogP contribution in [-0.2, 0) is 19.1 Å². The first kappa shape index (κ1) is 24.5. The highest BCUT2D eigenvalue weighted by Crippen LogP contribution is 2.34. The summed E-state index contributed by atoms with van der Waals surface area (Å²) in [6, 6.07) is 4.36. The number of piperidine rings is 3. The van der Waals surface area contributed by atoms with Crippen molar-refractivity contribution in [2.75, 3.05) is 31.1 Å². The molecule has 0 bridgehead atoms. The lowest BCUT2D eigenvalue weighted by molar-refractivity contribution is -0.150. The van der Waals surface area contributed by atoms with Crippen molar-refractivity contribution in [1.82, 2.24) is 15.5 Å². The minimum absolute atomic E-state index is 0.110. The number of nitrogens with zero attached hydrogens (tertiary/aromatic N) is 2. The molecule has 0 radical (unpaired) electrons. The van der Waals surface area contributed by atoms with E-state index in [1.807, 2.05) is 6.07 Å². The number of amides is 4. The molecule has 1 aromatic rings. The summed E-state index contributed by atoms with van der Waals surface area (Å²) >= 11 is 0. The van der Waals surface area contributed by atoms with Gasteiger partial charge in [0.1, 0.15) is 6.04 Å². The molecule has 4 fully saturated rings. The molecule has 5 aliphatic rings. The summed E-state index contributed by atoms with van der Waals surface area (Å²) in [6.45, 7) is 3.71. The van der Waals surface area contributed by atoms with Crippen LogP contribution in [0.5, 0.6) is 0 Å². The van der Waals surface area contributed by atoms with E-state index in [0.717, 1.165) is 75.3 Å². The average Bonchev–Trinajstić information content (AvgIpc) is 3.13. The van der Waals surface area contributed by atoms with Gasteiger partial charge < -0.3 is 19.7 Å². The van der Waals surface area contributed by atoms with Crippen LogP contribution in [-0.4, -0.2) is 85.2 Å². The number of carbonyl (C=O) groups is 4. The monoisotopic (exact) mass is 510 g/mol. The van der Waals surface area contributed by atoms with E-state index >= 15 is 0 Å². The number of imide groups is 2. The Bertz CT molecular complexity index is 1090. The van der Waals surface area contributed by atoms with Crippen molar-refractivity contribution in [3.05, 3.63) is 29.3 Å². The molecule has 2 N–H and O–H groups in total. The molecule has 4 heterocycles. The van der Waals surface area contributed by atoms with Crippen molar-refractivity contribution in [2.24, 2.45) is 0 Å². The van der Waals surface area contributed by atoms with Gasteiger partial charge in [-0.2, -0.15) is 0 Å². The summed E-state index contributed by atoms with van der Waals surface area (Å²) in [5.74, 6) is -1.92. The molecule has 1 atom stereocenters. The fourth-order valence-corrected chi connectivity index (χ4v) is 6.12. The number of nitrogens with one attached hydrogen (secondary N) is 2. The predicted molar refractivity (Wildman–Crippen MR) is 133 cm³/mol. The fraction of sp³-hybridized carbons (Fsp3) is 0.630. The second-order valence-corrected chi connectivity index (χ2v) is 10.8. The molecule has 1 aromatic carbocycles. The van der Waals surface area contributed by atoms with Gasteiger partial charge >= 0.3 is 0 Å². The van der Waals surface area contributed by atoms with E-state index in [2.05, 4.69) is 15.5 Å². The molecule has 10 heteroatoms. The van der Waals surface area contributed by atoms with Gasteiger partial charge in [-0.15, -0.1) is 0 Å². The van der Waals surface area contributed by atoms with E-state index in [1.54, 1.807) is 12.1 Å². The standard InChI is InChI=1S/C27H34N4O6/c32-24-4-3-23(25(33)29-24)31-26(34)21-2-1-16(13-22(21)27(31)35)30-11-7-18(8-12-30)37-20-14-19(15-20)36-17-5-9-28-10-6-17/h1-2,13,17-20,23,28H,3-12,14-15H2,(H,29,32,33). The van der Waals surface area contributed by atoms with E-state index in [-0.39, 0.29) is 31.0 Å². The Kier molecular flexibility index (Phi) is 6.73. The first-order valence-corrected chi connectivity index (χ1v) is 13.6.